The molecule has 0 spiro atoms. The lowest BCUT2D eigenvalue weighted by atomic mass is 10.3. The summed E-state index contributed by atoms with van der Waals surface area (Å²) >= 11 is 3.28. The summed E-state index contributed by atoms with van der Waals surface area (Å²) in [5, 5.41) is 12.8. The highest BCUT2D eigenvalue weighted by atomic mass is 32.1. The highest BCUT2D eigenvalue weighted by molar-refractivity contribution is 7.12. The van der Waals surface area contributed by atoms with Gasteiger partial charge in [-0.1, -0.05) is 6.07 Å². The van der Waals surface area contributed by atoms with Gasteiger partial charge in [-0.3, -0.25) is 9.80 Å². The molecule has 7 nitrogen and oxygen atoms in total. The van der Waals surface area contributed by atoms with Crippen LogP contribution in [0.1, 0.15) is 4.88 Å². The molecule has 0 N–H and O–H groups in total. The Morgan fingerprint density at radius 2 is 1.71 bits per heavy atom. The van der Waals surface area contributed by atoms with E-state index in [4.69, 9.17) is 0 Å². The second kappa shape index (κ2) is 6.98. The van der Waals surface area contributed by atoms with Crippen molar-refractivity contribution in [2.75, 3.05) is 26.2 Å². The molecule has 0 bridgehead atoms. The second-order valence-electron chi connectivity index (χ2n) is 5.74. The largest absolute Gasteiger partial charge is 0.370 e. The third-order valence-corrected chi connectivity index (χ3v) is 5.82. The normalized spacial score (nSPS) is 16.7. The van der Waals surface area contributed by atoms with Crippen LogP contribution in [0.15, 0.2) is 39.8 Å². The Morgan fingerprint density at radius 3 is 2.42 bits per heavy atom. The van der Waals surface area contributed by atoms with Crippen molar-refractivity contribution in [3.63, 3.8) is 0 Å². The Bertz CT molecular complexity index is 815. The first-order chi connectivity index (χ1) is 11.8. The maximum atomic E-state index is 12.4. The van der Waals surface area contributed by atoms with Crippen LogP contribution < -0.4 is 5.69 Å². The molecule has 126 valence electrons. The average molecular weight is 362 g/mol. The van der Waals surface area contributed by atoms with Gasteiger partial charge in [0.1, 0.15) is 11.7 Å². The number of tetrazole rings is 1. The van der Waals surface area contributed by atoms with Crippen LogP contribution in [0.5, 0.6) is 0 Å². The first kappa shape index (κ1) is 15.7. The second-order valence-corrected chi connectivity index (χ2v) is 7.70. The third kappa shape index (κ3) is 3.34. The van der Waals surface area contributed by atoms with E-state index in [0.717, 1.165) is 37.7 Å². The lowest BCUT2D eigenvalue weighted by Crippen LogP contribution is -2.47. The predicted molar refractivity (Wildman–Crippen MR) is 94.7 cm³/mol. The summed E-state index contributed by atoms with van der Waals surface area (Å²) < 4.78 is 2.80. The summed E-state index contributed by atoms with van der Waals surface area (Å²) in [7, 11) is 0. The van der Waals surface area contributed by atoms with E-state index in [2.05, 4.69) is 37.7 Å². The predicted octanol–water partition coefficient (Wildman–Crippen LogP) is 1.33. The Morgan fingerprint density at radius 1 is 0.958 bits per heavy atom. The van der Waals surface area contributed by atoms with Crippen molar-refractivity contribution in [1.29, 1.82) is 0 Å². The van der Waals surface area contributed by atoms with Gasteiger partial charge in [-0.2, -0.15) is 9.36 Å². The lowest BCUT2D eigenvalue weighted by Gasteiger charge is -2.33. The van der Waals surface area contributed by atoms with E-state index in [1.165, 1.54) is 25.6 Å². The quantitative estimate of drug-likeness (QED) is 0.685. The number of hydrogen-bond acceptors (Lipinski definition) is 7. The molecule has 1 fully saturated rings. The van der Waals surface area contributed by atoms with Crippen molar-refractivity contribution in [3.8, 4) is 5.00 Å². The van der Waals surface area contributed by atoms with E-state index in [0.29, 0.717) is 6.67 Å². The number of aromatic nitrogens is 4. The third-order valence-electron chi connectivity index (χ3n) is 4.11. The van der Waals surface area contributed by atoms with E-state index in [1.54, 1.807) is 11.3 Å². The molecule has 3 aromatic rings. The molecule has 1 aliphatic heterocycles. The summed E-state index contributed by atoms with van der Waals surface area (Å²) in [5.41, 5.74) is -0.182. The van der Waals surface area contributed by atoms with Crippen molar-refractivity contribution < 1.29 is 0 Å². The SMILES string of the molecule is O=c1n(CN2CCN(Cc3cccs3)CC2)nnn1-c1cccs1. The summed E-state index contributed by atoms with van der Waals surface area (Å²) in [6.07, 6.45) is 0. The molecule has 0 saturated carbocycles. The fraction of sp³-hybridized carbons (Fsp3) is 0.400. The van der Waals surface area contributed by atoms with Crippen LogP contribution in [0.25, 0.3) is 5.00 Å². The Kier molecular flexibility index (Phi) is 4.56. The summed E-state index contributed by atoms with van der Waals surface area (Å²) in [5.74, 6) is 0. The van der Waals surface area contributed by atoms with E-state index in [1.807, 2.05) is 17.5 Å². The number of hydrogen-bond donors (Lipinski definition) is 0. The first-order valence-electron chi connectivity index (χ1n) is 7.83. The average Bonchev–Trinajstić information content (AvgIpc) is 3.33. The fourth-order valence-electron chi connectivity index (χ4n) is 2.79. The Labute approximate surface area is 147 Å². The summed E-state index contributed by atoms with van der Waals surface area (Å²) in [6.45, 7) is 5.39. The number of rotatable bonds is 5. The molecule has 1 saturated heterocycles. The van der Waals surface area contributed by atoms with Crippen LogP contribution in [0.2, 0.25) is 0 Å². The molecule has 1 aliphatic rings. The lowest BCUT2D eigenvalue weighted by molar-refractivity contribution is 0.0975. The van der Waals surface area contributed by atoms with Gasteiger partial charge in [-0.25, -0.2) is 4.79 Å². The van der Waals surface area contributed by atoms with Crippen LogP contribution >= 0.6 is 22.7 Å². The van der Waals surface area contributed by atoms with Crippen molar-refractivity contribution in [3.05, 3.63) is 50.4 Å². The highest BCUT2D eigenvalue weighted by Gasteiger charge is 2.19. The van der Waals surface area contributed by atoms with Crippen molar-refractivity contribution in [2.24, 2.45) is 0 Å². The summed E-state index contributed by atoms with van der Waals surface area (Å²) in [6, 6.07) is 8.05. The molecule has 3 aromatic heterocycles. The molecular formula is C15H18N6OS2. The van der Waals surface area contributed by atoms with Gasteiger partial charge in [-0.05, 0) is 39.4 Å². The molecule has 24 heavy (non-hydrogen) atoms. The molecule has 9 heteroatoms. The van der Waals surface area contributed by atoms with Crippen LogP contribution in [0.4, 0.5) is 0 Å². The zero-order valence-electron chi connectivity index (χ0n) is 13.1. The fourth-order valence-corrected chi connectivity index (χ4v) is 4.21. The monoisotopic (exact) mass is 362 g/mol. The molecule has 4 rings (SSSR count). The van der Waals surface area contributed by atoms with E-state index in [9.17, 15) is 4.79 Å². The maximum absolute atomic E-state index is 12.4. The standard InChI is InChI=1S/C15H18N6OS2/c22-15-20(16-17-21(15)14-4-2-10-24-14)12-19-7-5-18(6-8-19)11-13-3-1-9-23-13/h1-4,9-10H,5-8,11-12H2. The number of piperazine rings is 1. The molecule has 0 unspecified atom stereocenters. The van der Waals surface area contributed by atoms with E-state index >= 15 is 0 Å². The molecule has 0 aliphatic carbocycles. The topological polar surface area (TPSA) is 59.2 Å². The molecule has 0 atom stereocenters. The highest BCUT2D eigenvalue weighted by Crippen LogP contribution is 2.14. The zero-order valence-corrected chi connectivity index (χ0v) is 14.7. The maximum Gasteiger partial charge on any atom is 0.370 e. The van der Waals surface area contributed by atoms with Crippen LogP contribution in [0, 0.1) is 0 Å². The van der Waals surface area contributed by atoms with Crippen molar-refractivity contribution in [1.82, 2.24) is 29.6 Å². The molecule has 0 amide bonds. The van der Waals surface area contributed by atoms with Gasteiger partial charge in [-0.15, -0.1) is 22.7 Å². The minimum atomic E-state index is -0.182. The van der Waals surface area contributed by atoms with Crippen molar-refractivity contribution in [2.45, 2.75) is 13.2 Å². The first-order valence-corrected chi connectivity index (χ1v) is 9.59. The van der Waals surface area contributed by atoms with Crippen LogP contribution in [0.3, 0.4) is 0 Å². The van der Waals surface area contributed by atoms with Gasteiger partial charge in [0.15, 0.2) is 0 Å². The molecular weight excluding hydrogens is 344 g/mol. The van der Waals surface area contributed by atoms with E-state index in [-0.39, 0.29) is 5.69 Å². The minimum Gasteiger partial charge on any atom is -0.296 e. The van der Waals surface area contributed by atoms with E-state index < -0.39 is 0 Å². The smallest absolute Gasteiger partial charge is 0.296 e. The van der Waals surface area contributed by atoms with Gasteiger partial charge in [0, 0.05) is 37.6 Å². The van der Waals surface area contributed by atoms with Gasteiger partial charge in [0.2, 0.25) is 0 Å². The van der Waals surface area contributed by atoms with Gasteiger partial charge >= 0.3 is 5.69 Å². The minimum absolute atomic E-state index is 0.182. The number of nitrogens with zero attached hydrogens (tertiary/aromatic N) is 6. The molecule has 0 aromatic carbocycles. The molecule has 0 radical (unpaired) electrons. The van der Waals surface area contributed by atoms with Gasteiger partial charge in [0.05, 0.1) is 0 Å². The Hall–Kier alpha value is -1.81. The number of thiophene rings is 2. The zero-order chi connectivity index (χ0) is 16.4. The van der Waals surface area contributed by atoms with Gasteiger partial charge < -0.3 is 0 Å². The molecule has 4 heterocycles. The van der Waals surface area contributed by atoms with Crippen molar-refractivity contribution >= 4 is 22.7 Å². The Balaban J connectivity index is 1.35. The van der Waals surface area contributed by atoms with Crippen LogP contribution in [-0.4, -0.2) is 55.8 Å². The van der Waals surface area contributed by atoms with Gasteiger partial charge in [0.25, 0.3) is 0 Å². The van der Waals surface area contributed by atoms with Crippen LogP contribution in [-0.2, 0) is 13.2 Å². The summed E-state index contributed by atoms with van der Waals surface area (Å²) in [4.78, 5) is 18.5.